The summed E-state index contributed by atoms with van der Waals surface area (Å²) in [5.41, 5.74) is 0.670. The Labute approximate surface area is 154 Å². The Morgan fingerprint density at radius 2 is 1.88 bits per heavy atom. The summed E-state index contributed by atoms with van der Waals surface area (Å²) < 4.78 is 19.3. The van der Waals surface area contributed by atoms with E-state index in [1.807, 2.05) is 19.9 Å². The standard InChI is InChI=1S/C20H32FNO.C2H6/c1-4-6-17(5-2)14-22-11-9-18(10-12-22)15-23-19-8-7-16(3)20(21)13-19;1-2/h7-8,13,17-18H,4-6,9-12,14-15H2,1-3H3;1-2H3. The van der Waals surface area contributed by atoms with Gasteiger partial charge in [0.1, 0.15) is 11.6 Å². The molecule has 0 radical (unpaired) electrons. The average Bonchev–Trinajstić information content (AvgIpc) is 2.65. The maximum atomic E-state index is 13.5. The summed E-state index contributed by atoms with van der Waals surface area (Å²) in [6, 6.07) is 5.15. The van der Waals surface area contributed by atoms with Crippen molar-refractivity contribution in [3.63, 3.8) is 0 Å². The van der Waals surface area contributed by atoms with Gasteiger partial charge in [0.25, 0.3) is 0 Å². The molecule has 1 aliphatic rings. The van der Waals surface area contributed by atoms with E-state index in [4.69, 9.17) is 4.74 Å². The summed E-state index contributed by atoms with van der Waals surface area (Å²) in [5.74, 6) is 1.92. The van der Waals surface area contributed by atoms with Crippen LogP contribution in [0.1, 0.15) is 65.4 Å². The van der Waals surface area contributed by atoms with Crippen LogP contribution >= 0.6 is 0 Å². The fourth-order valence-corrected chi connectivity index (χ4v) is 3.41. The molecule has 1 atom stereocenters. The number of ether oxygens (including phenoxy) is 1. The van der Waals surface area contributed by atoms with Crippen LogP contribution in [-0.4, -0.2) is 31.1 Å². The maximum absolute atomic E-state index is 13.5. The summed E-state index contributed by atoms with van der Waals surface area (Å²) in [5, 5.41) is 0. The number of halogens is 1. The van der Waals surface area contributed by atoms with Gasteiger partial charge in [-0.2, -0.15) is 0 Å². The number of hydrogen-bond acceptors (Lipinski definition) is 2. The molecule has 1 aliphatic heterocycles. The Bertz CT molecular complexity index is 469. The number of hydrogen-bond donors (Lipinski definition) is 0. The first-order valence-electron chi connectivity index (χ1n) is 10.2. The molecule has 144 valence electrons. The van der Waals surface area contributed by atoms with Crippen molar-refractivity contribution >= 4 is 0 Å². The lowest BCUT2D eigenvalue weighted by atomic mass is 9.95. The smallest absolute Gasteiger partial charge is 0.129 e. The Morgan fingerprint density at radius 3 is 2.44 bits per heavy atom. The normalized spacial score (nSPS) is 16.9. The summed E-state index contributed by atoms with van der Waals surface area (Å²) in [6.45, 7) is 14.7. The molecule has 0 N–H and O–H groups in total. The minimum absolute atomic E-state index is 0.182. The number of piperidine rings is 1. The molecule has 0 bridgehead atoms. The fraction of sp³-hybridized carbons (Fsp3) is 0.727. The molecular weight excluding hydrogens is 313 g/mol. The zero-order chi connectivity index (χ0) is 18.7. The predicted octanol–water partition coefficient (Wildman–Crippen LogP) is 6.08. The van der Waals surface area contributed by atoms with Crippen LogP contribution in [0.3, 0.4) is 0 Å². The molecule has 1 unspecified atom stereocenters. The Kier molecular flexibility index (Phi) is 10.8. The summed E-state index contributed by atoms with van der Waals surface area (Å²) in [7, 11) is 0. The molecule has 25 heavy (non-hydrogen) atoms. The van der Waals surface area contributed by atoms with Gasteiger partial charge in [0, 0.05) is 12.6 Å². The number of nitrogens with zero attached hydrogens (tertiary/aromatic N) is 1. The summed E-state index contributed by atoms with van der Waals surface area (Å²) in [6.07, 6.45) is 6.30. The van der Waals surface area contributed by atoms with Crippen molar-refractivity contribution in [1.29, 1.82) is 0 Å². The van der Waals surface area contributed by atoms with Gasteiger partial charge in [-0.15, -0.1) is 0 Å². The van der Waals surface area contributed by atoms with Gasteiger partial charge in [0.15, 0.2) is 0 Å². The van der Waals surface area contributed by atoms with Gasteiger partial charge < -0.3 is 9.64 Å². The van der Waals surface area contributed by atoms with E-state index in [2.05, 4.69) is 18.7 Å². The molecule has 1 aromatic carbocycles. The highest BCUT2D eigenvalue weighted by molar-refractivity contribution is 5.27. The van der Waals surface area contributed by atoms with E-state index >= 15 is 0 Å². The van der Waals surface area contributed by atoms with E-state index in [0.717, 1.165) is 5.92 Å². The fourth-order valence-electron chi connectivity index (χ4n) is 3.41. The lowest BCUT2D eigenvalue weighted by molar-refractivity contribution is 0.124. The van der Waals surface area contributed by atoms with Crippen molar-refractivity contribution in [2.75, 3.05) is 26.2 Å². The van der Waals surface area contributed by atoms with Gasteiger partial charge in [-0.3, -0.25) is 0 Å². The molecule has 0 aromatic heterocycles. The SMILES string of the molecule is CC.CCCC(CC)CN1CCC(COc2ccc(C)c(F)c2)CC1. The van der Waals surface area contributed by atoms with Crippen molar-refractivity contribution < 1.29 is 9.13 Å². The number of aryl methyl sites for hydroxylation is 1. The molecule has 2 rings (SSSR count). The minimum Gasteiger partial charge on any atom is -0.493 e. The van der Waals surface area contributed by atoms with Crippen LogP contribution in [0, 0.1) is 24.6 Å². The molecule has 1 saturated heterocycles. The Hall–Kier alpha value is -1.09. The second-order valence-corrected chi connectivity index (χ2v) is 7.03. The number of likely N-dealkylation sites (tertiary alicyclic amines) is 1. The molecule has 0 amide bonds. The largest absolute Gasteiger partial charge is 0.493 e. The highest BCUT2D eigenvalue weighted by Crippen LogP contribution is 2.22. The number of rotatable bonds is 8. The van der Waals surface area contributed by atoms with Crippen molar-refractivity contribution in [2.24, 2.45) is 11.8 Å². The molecule has 2 nitrogen and oxygen atoms in total. The van der Waals surface area contributed by atoms with Crippen molar-refractivity contribution in [3.8, 4) is 5.75 Å². The average molecular weight is 352 g/mol. The highest BCUT2D eigenvalue weighted by atomic mass is 19.1. The van der Waals surface area contributed by atoms with Crippen LogP contribution < -0.4 is 4.74 Å². The molecule has 3 heteroatoms. The van der Waals surface area contributed by atoms with Gasteiger partial charge >= 0.3 is 0 Å². The maximum Gasteiger partial charge on any atom is 0.129 e. The molecule has 1 heterocycles. The second kappa shape index (κ2) is 12.3. The van der Waals surface area contributed by atoms with Crippen molar-refractivity contribution in [1.82, 2.24) is 4.90 Å². The van der Waals surface area contributed by atoms with Gasteiger partial charge in [0.2, 0.25) is 0 Å². The zero-order valence-electron chi connectivity index (χ0n) is 17.0. The minimum atomic E-state index is -0.182. The van der Waals surface area contributed by atoms with Crippen LogP contribution in [0.25, 0.3) is 0 Å². The van der Waals surface area contributed by atoms with Crippen LogP contribution in [0.4, 0.5) is 4.39 Å². The summed E-state index contributed by atoms with van der Waals surface area (Å²) in [4.78, 5) is 2.62. The van der Waals surface area contributed by atoms with E-state index in [1.54, 1.807) is 13.0 Å². The molecule has 0 saturated carbocycles. The molecule has 1 fully saturated rings. The van der Waals surface area contributed by atoms with Crippen molar-refractivity contribution in [3.05, 3.63) is 29.6 Å². The third-order valence-electron chi connectivity index (χ3n) is 5.13. The molecule has 1 aromatic rings. The Balaban J connectivity index is 0.00000151. The van der Waals surface area contributed by atoms with Crippen molar-refractivity contribution in [2.45, 2.75) is 66.7 Å². The molecule has 0 aliphatic carbocycles. The van der Waals surface area contributed by atoms with E-state index < -0.39 is 0 Å². The molecule has 0 spiro atoms. The highest BCUT2D eigenvalue weighted by Gasteiger charge is 2.21. The third kappa shape index (κ3) is 7.77. The van der Waals surface area contributed by atoms with E-state index in [-0.39, 0.29) is 5.82 Å². The van der Waals surface area contributed by atoms with Gasteiger partial charge in [-0.05, 0) is 62.7 Å². The Morgan fingerprint density at radius 1 is 1.20 bits per heavy atom. The monoisotopic (exact) mass is 351 g/mol. The van der Waals surface area contributed by atoms with Crippen LogP contribution in [0.2, 0.25) is 0 Å². The van der Waals surface area contributed by atoms with Gasteiger partial charge in [0.05, 0.1) is 6.61 Å². The van der Waals surface area contributed by atoms with E-state index in [1.165, 1.54) is 57.8 Å². The van der Waals surface area contributed by atoms with Crippen LogP contribution in [0.5, 0.6) is 5.75 Å². The first kappa shape index (κ1) is 22.0. The van der Waals surface area contributed by atoms with Gasteiger partial charge in [-0.1, -0.05) is 46.6 Å². The second-order valence-electron chi connectivity index (χ2n) is 7.03. The number of benzene rings is 1. The first-order chi connectivity index (χ1) is 12.1. The lowest BCUT2D eigenvalue weighted by Crippen LogP contribution is -2.38. The van der Waals surface area contributed by atoms with E-state index in [9.17, 15) is 4.39 Å². The van der Waals surface area contributed by atoms with Crippen LogP contribution in [-0.2, 0) is 0 Å². The zero-order valence-corrected chi connectivity index (χ0v) is 17.0. The topological polar surface area (TPSA) is 12.5 Å². The predicted molar refractivity (Wildman–Crippen MR) is 106 cm³/mol. The first-order valence-corrected chi connectivity index (χ1v) is 10.2. The van der Waals surface area contributed by atoms with Gasteiger partial charge in [-0.25, -0.2) is 4.39 Å². The van der Waals surface area contributed by atoms with E-state index in [0.29, 0.717) is 23.8 Å². The summed E-state index contributed by atoms with van der Waals surface area (Å²) >= 11 is 0. The third-order valence-corrected chi connectivity index (χ3v) is 5.13. The molecular formula is C22H38FNO. The quantitative estimate of drug-likeness (QED) is 0.563. The lowest BCUT2D eigenvalue weighted by Gasteiger charge is -2.34. The van der Waals surface area contributed by atoms with Crippen LogP contribution in [0.15, 0.2) is 18.2 Å².